The first-order valence-corrected chi connectivity index (χ1v) is 5.57. The van der Waals surface area contributed by atoms with Crippen LogP contribution in [0.1, 0.15) is 26.7 Å². The van der Waals surface area contributed by atoms with Crippen LogP contribution in [0, 0.1) is 5.92 Å². The molecule has 0 saturated carbocycles. The van der Waals surface area contributed by atoms with E-state index in [9.17, 15) is 4.79 Å². The van der Waals surface area contributed by atoms with Crippen LogP contribution in [0.15, 0.2) is 0 Å². The minimum Gasteiger partial charge on any atom is -0.382 e. The molecule has 0 aromatic rings. The van der Waals surface area contributed by atoms with Crippen molar-refractivity contribution >= 4 is 5.91 Å². The number of piperidine rings is 1. The van der Waals surface area contributed by atoms with Crippen LogP contribution >= 0.6 is 0 Å². The highest BCUT2D eigenvalue weighted by Gasteiger charge is 2.26. The standard InChI is InChI=1S/C11H22N2O2/c1-11(2,8-15-3)13-10(14)9-5-4-6-12-7-9/h9,12H,4-8H2,1-3H3,(H,13,14). The first-order valence-electron chi connectivity index (χ1n) is 5.57. The van der Waals surface area contributed by atoms with E-state index in [1.54, 1.807) is 7.11 Å². The van der Waals surface area contributed by atoms with E-state index in [4.69, 9.17) is 4.74 Å². The van der Waals surface area contributed by atoms with E-state index in [1.807, 2.05) is 13.8 Å². The van der Waals surface area contributed by atoms with Gasteiger partial charge in [0.25, 0.3) is 0 Å². The minimum absolute atomic E-state index is 0.120. The van der Waals surface area contributed by atoms with Gasteiger partial charge in [-0.3, -0.25) is 4.79 Å². The molecule has 1 atom stereocenters. The van der Waals surface area contributed by atoms with E-state index in [0.29, 0.717) is 6.61 Å². The van der Waals surface area contributed by atoms with Gasteiger partial charge in [0.1, 0.15) is 0 Å². The van der Waals surface area contributed by atoms with Crippen LogP contribution in [0.4, 0.5) is 0 Å². The molecular formula is C11H22N2O2. The monoisotopic (exact) mass is 214 g/mol. The van der Waals surface area contributed by atoms with E-state index in [0.717, 1.165) is 25.9 Å². The summed E-state index contributed by atoms with van der Waals surface area (Å²) in [5.74, 6) is 0.263. The molecule has 4 nitrogen and oxygen atoms in total. The molecule has 1 aliphatic rings. The lowest BCUT2D eigenvalue weighted by Crippen LogP contribution is -2.51. The smallest absolute Gasteiger partial charge is 0.224 e. The van der Waals surface area contributed by atoms with Crippen LogP contribution in [-0.4, -0.2) is 38.3 Å². The molecule has 0 aliphatic carbocycles. The number of nitrogens with one attached hydrogen (secondary N) is 2. The number of rotatable bonds is 4. The van der Waals surface area contributed by atoms with Crippen molar-refractivity contribution in [3.8, 4) is 0 Å². The van der Waals surface area contributed by atoms with Gasteiger partial charge in [-0.25, -0.2) is 0 Å². The van der Waals surface area contributed by atoms with Gasteiger partial charge in [-0.1, -0.05) is 0 Å². The summed E-state index contributed by atoms with van der Waals surface area (Å²) in [6.07, 6.45) is 2.07. The third kappa shape index (κ3) is 4.18. The van der Waals surface area contributed by atoms with Gasteiger partial charge in [0.2, 0.25) is 5.91 Å². The lowest BCUT2D eigenvalue weighted by molar-refractivity contribution is -0.127. The summed E-state index contributed by atoms with van der Waals surface area (Å²) in [6.45, 7) is 6.33. The highest BCUT2D eigenvalue weighted by Crippen LogP contribution is 2.12. The third-order valence-corrected chi connectivity index (χ3v) is 2.63. The van der Waals surface area contributed by atoms with Crippen LogP contribution in [0.3, 0.4) is 0 Å². The van der Waals surface area contributed by atoms with Crippen molar-refractivity contribution in [3.05, 3.63) is 0 Å². The normalized spacial score (nSPS) is 22.5. The number of carbonyl (C=O) groups is 1. The molecule has 88 valence electrons. The number of carbonyl (C=O) groups excluding carboxylic acids is 1. The predicted molar refractivity (Wildman–Crippen MR) is 59.7 cm³/mol. The molecule has 0 radical (unpaired) electrons. The number of amides is 1. The number of methoxy groups -OCH3 is 1. The largest absolute Gasteiger partial charge is 0.382 e. The number of ether oxygens (including phenoxy) is 1. The van der Waals surface area contributed by atoms with Crippen LogP contribution in [-0.2, 0) is 9.53 Å². The maximum absolute atomic E-state index is 11.9. The molecule has 15 heavy (non-hydrogen) atoms. The van der Waals surface area contributed by atoms with Gasteiger partial charge in [-0.2, -0.15) is 0 Å². The Morgan fingerprint density at radius 1 is 1.60 bits per heavy atom. The van der Waals surface area contributed by atoms with Gasteiger partial charge in [-0.05, 0) is 33.2 Å². The topological polar surface area (TPSA) is 50.4 Å². The lowest BCUT2D eigenvalue weighted by Gasteiger charge is -2.29. The molecule has 1 heterocycles. The van der Waals surface area contributed by atoms with E-state index in [2.05, 4.69) is 10.6 Å². The predicted octanol–water partition coefficient (Wildman–Crippen LogP) is 0.527. The Labute approximate surface area is 91.8 Å². The lowest BCUT2D eigenvalue weighted by atomic mass is 9.97. The van der Waals surface area contributed by atoms with Crippen LogP contribution in [0.25, 0.3) is 0 Å². The average molecular weight is 214 g/mol. The molecule has 2 N–H and O–H groups in total. The summed E-state index contributed by atoms with van der Waals surface area (Å²) in [6, 6.07) is 0. The van der Waals surface area contributed by atoms with Crippen molar-refractivity contribution in [1.82, 2.24) is 10.6 Å². The van der Waals surface area contributed by atoms with Gasteiger partial charge in [0.05, 0.1) is 18.1 Å². The molecular weight excluding hydrogens is 192 g/mol. The van der Waals surface area contributed by atoms with Crippen LogP contribution < -0.4 is 10.6 Å². The second kappa shape index (κ2) is 5.47. The summed E-state index contributed by atoms with van der Waals surface area (Å²) in [5, 5.41) is 6.26. The van der Waals surface area contributed by atoms with Gasteiger partial charge in [0, 0.05) is 13.7 Å². The first-order chi connectivity index (χ1) is 7.05. The zero-order valence-corrected chi connectivity index (χ0v) is 9.93. The Balaban J connectivity index is 2.39. The van der Waals surface area contributed by atoms with E-state index in [1.165, 1.54) is 0 Å². The fraction of sp³-hybridized carbons (Fsp3) is 0.909. The van der Waals surface area contributed by atoms with Crippen LogP contribution in [0.2, 0.25) is 0 Å². The Bertz CT molecular complexity index is 211. The Hall–Kier alpha value is -0.610. The third-order valence-electron chi connectivity index (χ3n) is 2.63. The summed E-state index contributed by atoms with van der Waals surface area (Å²) in [7, 11) is 1.65. The highest BCUT2D eigenvalue weighted by molar-refractivity contribution is 5.79. The van der Waals surface area contributed by atoms with E-state index < -0.39 is 0 Å². The van der Waals surface area contributed by atoms with Crippen molar-refractivity contribution < 1.29 is 9.53 Å². The van der Waals surface area contributed by atoms with Gasteiger partial charge in [0.15, 0.2) is 0 Å². The molecule has 1 saturated heterocycles. The molecule has 1 rings (SSSR count). The van der Waals surface area contributed by atoms with E-state index in [-0.39, 0.29) is 17.4 Å². The molecule has 1 fully saturated rings. The molecule has 0 aromatic carbocycles. The van der Waals surface area contributed by atoms with Gasteiger partial charge >= 0.3 is 0 Å². The van der Waals surface area contributed by atoms with Crippen molar-refractivity contribution in [2.45, 2.75) is 32.2 Å². The van der Waals surface area contributed by atoms with Gasteiger partial charge < -0.3 is 15.4 Å². The molecule has 1 aliphatic heterocycles. The maximum Gasteiger partial charge on any atom is 0.224 e. The Kier molecular flexibility index (Phi) is 4.54. The minimum atomic E-state index is -0.275. The zero-order valence-electron chi connectivity index (χ0n) is 9.93. The molecule has 0 spiro atoms. The molecule has 0 aromatic heterocycles. The zero-order chi connectivity index (χ0) is 11.3. The number of hydrogen-bond acceptors (Lipinski definition) is 3. The summed E-state index contributed by atoms with van der Waals surface area (Å²) in [4.78, 5) is 11.9. The second-order valence-electron chi connectivity index (χ2n) is 4.85. The summed E-state index contributed by atoms with van der Waals surface area (Å²) < 4.78 is 5.06. The molecule has 1 unspecified atom stereocenters. The summed E-state index contributed by atoms with van der Waals surface area (Å²) in [5.41, 5.74) is -0.275. The van der Waals surface area contributed by atoms with Crippen LogP contribution in [0.5, 0.6) is 0 Å². The van der Waals surface area contributed by atoms with Crippen molar-refractivity contribution in [3.63, 3.8) is 0 Å². The fourth-order valence-electron chi connectivity index (χ4n) is 1.91. The fourth-order valence-corrected chi connectivity index (χ4v) is 1.91. The maximum atomic E-state index is 11.9. The summed E-state index contributed by atoms with van der Waals surface area (Å²) >= 11 is 0. The van der Waals surface area contributed by atoms with E-state index >= 15 is 0 Å². The average Bonchev–Trinajstić information content (AvgIpc) is 2.18. The van der Waals surface area contributed by atoms with Crippen molar-refractivity contribution in [2.75, 3.05) is 26.8 Å². The Morgan fingerprint density at radius 2 is 2.33 bits per heavy atom. The number of hydrogen-bond donors (Lipinski definition) is 2. The second-order valence-corrected chi connectivity index (χ2v) is 4.85. The van der Waals surface area contributed by atoms with Crippen molar-refractivity contribution in [1.29, 1.82) is 0 Å². The Morgan fingerprint density at radius 3 is 2.87 bits per heavy atom. The molecule has 1 amide bonds. The SMILES string of the molecule is COCC(C)(C)NC(=O)C1CCCNC1. The quantitative estimate of drug-likeness (QED) is 0.717. The van der Waals surface area contributed by atoms with Gasteiger partial charge in [-0.15, -0.1) is 0 Å². The first kappa shape index (κ1) is 12.5. The molecule has 4 heteroatoms. The van der Waals surface area contributed by atoms with Crippen molar-refractivity contribution in [2.24, 2.45) is 5.92 Å². The highest BCUT2D eigenvalue weighted by atomic mass is 16.5. The molecule has 0 bridgehead atoms.